The number of carbonyl (C=O) groups is 2. The SMILES string of the molecule is C=C(C)C(=O)O[C@H]1[C@H](OCCOc2ccc(C(=O)c3ccccc3)c(O)c2)O[C@H](CO)[C@@H](O)[C@@H]1O. The molecule has 0 spiro atoms. The first-order valence-electron chi connectivity index (χ1n) is 10.9. The fourth-order valence-electron chi connectivity index (χ4n) is 3.40. The smallest absolute Gasteiger partial charge is 0.333 e. The van der Waals surface area contributed by atoms with Crippen LogP contribution in [0.25, 0.3) is 0 Å². The molecule has 5 atom stereocenters. The zero-order valence-electron chi connectivity index (χ0n) is 19.1. The van der Waals surface area contributed by atoms with Gasteiger partial charge in [-0.3, -0.25) is 4.79 Å². The first-order valence-corrected chi connectivity index (χ1v) is 10.9. The van der Waals surface area contributed by atoms with E-state index in [2.05, 4.69) is 6.58 Å². The monoisotopic (exact) mass is 488 g/mol. The van der Waals surface area contributed by atoms with Crippen molar-refractivity contribution in [1.82, 2.24) is 0 Å². The van der Waals surface area contributed by atoms with Gasteiger partial charge in [0.1, 0.15) is 36.4 Å². The molecule has 3 rings (SSSR count). The number of ether oxygens (including phenoxy) is 4. The highest BCUT2D eigenvalue weighted by molar-refractivity contribution is 6.10. The molecule has 188 valence electrons. The summed E-state index contributed by atoms with van der Waals surface area (Å²) in [5.41, 5.74) is 0.639. The molecule has 2 aromatic rings. The van der Waals surface area contributed by atoms with Crippen LogP contribution in [0.2, 0.25) is 0 Å². The molecule has 0 amide bonds. The number of hydrogen-bond donors (Lipinski definition) is 4. The van der Waals surface area contributed by atoms with Gasteiger partial charge in [0.05, 0.1) is 18.8 Å². The Morgan fingerprint density at radius 2 is 1.77 bits per heavy atom. The highest BCUT2D eigenvalue weighted by atomic mass is 16.7. The summed E-state index contributed by atoms with van der Waals surface area (Å²) in [5, 5.41) is 40.1. The van der Waals surface area contributed by atoms with Crippen LogP contribution >= 0.6 is 0 Å². The van der Waals surface area contributed by atoms with Gasteiger partial charge in [-0.25, -0.2) is 4.79 Å². The van der Waals surface area contributed by atoms with Gasteiger partial charge in [0.2, 0.25) is 0 Å². The van der Waals surface area contributed by atoms with E-state index in [1.165, 1.54) is 25.1 Å². The number of aliphatic hydroxyl groups excluding tert-OH is 3. The molecule has 10 nitrogen and oxygen atoms in total. The molecule has 0 unspecified atom stereocenters. The second kappa shape index (κ2) is 11.9. The Morgan fingerprint density at radius 1 is 1.06 bits per heavy atom. The minimum absolute atomic E-state index is 0.0329. The second-order valence-corrected chi connectivity index (χ2v) is 7.95. The maximum atomic E-state index is 12.5. The summed E-state index contributed by atoms with van der Waals surface area (Å²) in [4.78, 5) is 24.5. The predicted octanol–water partition coefficient (Wildman–Crippen LogP) is 0.945. The molecule has 2 aromatic carbocycles. The predicted molar refractivity (Wildman–Crippen MR) is 122 cm³/mol. The van der Waals surface area contributed by atoms with E-state index in [0.29, 0.717) is 5.56 Å². The Balaban J connectivity index is 1.59. The van der Waals surface area contributed by atoms with Crippen LogP contribution in [-0.4, -0.2) is 82.7 Å². The van der Waals surface area contributed by atoms with Gasteiger partial charge in [-0.05, 0) is 19.1 Å². The van der Waals surface area contributed by atoms with Crippen molar-refractivity contribution in [1.29, 1.82) is 0 Å². The molecule has 0 radical (unpaired) electrons. The van der Waals surface area contributed by atoms with Crippen LogP contribution < -0.4 is 4.74 Å². The zero-order valence-corrected chi connectivity index (χ0v) is 19.1. The molecule has 4 N–H and O–H groups in total. The molecule has 0 aliphatic carbocycles. The largest absolute Gasteiger partial charge is 0.507 e. The molecule has 1 heterocycles. The number of phenolic OH excluding ortho intramolecular Hbond substituents is 1. The van der Waals surface area contributed by atoms with Crippen LogP contribution in [-0.2, 0) is 19.0 Å². The fraction of sp³-hybridized carbons (Fsp3) is 0.360. The van der Waals surface area contributed by atoms with Crippen molar-refractivity contribution in [3.8, 4) is 11.5 Å². The lowest BCUT2D eigenvalue weighted by Gasteiger charge is -2.41. The van der Waals surface area contributed by atoms with Crippen molar-refractivity contribution in [2.75, 3.05) is 19.8 Å². The number of ketones is 1. The van der Waals surface area contributed by atoms with Gasteiger partial charge in [0.25, 0.3) is 0 Å². The molecular weight excluding hydrogens is 460 g/mol. The third-order valence-electron chi connectivity index (χ3n) is 5.30. The van der Waals surface area contributed by atoms with Crippen molar-refractivity contribution in [2.24, 2.45) is 0 Å². The first kappa shape index (κ1) is 26.3. The van der Waals surface area contributed by atoms with Gasteiger partial charge in [-0.2, -0.15) is 0 Å². The van der Waals surface area contributed by atoms with Crippen LogP contribution in [0.4, 0.5) is 0 Å². The van der Waals surface area contributed by atoms with E-state index in [1.807, 2.05) is 0 Å². The van der Waals surface area contributed by atoms with Gasteiger partial charge in [0.15, 0.2) is 18.2 Å². The van der Waals surface area contributed by atoms with Gasteiger partial charge in [-0.15, -0.1) is 0 Å². The van der Waals surface area contributed by atoms with E-state index in [9.17, 15) is 30.0 Å². The standard InChI is InChI=1S/C25H28O10/c1-14(2)24(31)35-23-22(30)21(29)19(13-26)34-25(23)33-11-10-32-16-8-9-17(18(27)12-16)20(28)15-6-4-3-5-7-15/h3-9,12,19,21-23,25-27,29-30H,1,10-11,13H2,2H3/t19-,21-,22+,23-,25-/m1/s1. The molecular formula is C25H28O10. The van der Waals surface area contributed by atoms with E-state index < -0.39 is 43.3 Å². The number of hydrogen-bond acceptors (Lipinski definition) is 10. The summed E-state index contributed by atoms with van der Waals surface area (Å²) in [6.07, 6.45) is -6.88. The Labute approximate surface area is 201 Å². The van der Waals surface area contributed by atoms with Crippen LogP contribution in [0, 0.1) is 0 Å². The Hall–Kier alpha value is -3.28. The van der Waals surface area contributed by atoms with Crippen LogP contribution in [0.5, 0.6) is 11.5 Å². The Morgan fingerprint density at radius 3 is 2.40 bits per heavy atom. The van der Waals surface area contributed by atoms with Crippen molar-refractivity contribution in [3.05, 3.63) is 71.8 Å². The summed E-state index contributed by atoms with van der Waals surface area (Å²) in [7, 11) is 0. The van der Waals surface area contributed by atoms with Gasteiger partial charge in [-0.1, -0.05) is 36.9 Å². The first-order chi connectivity index (χ1) is 16.7. The average Bonchev–Trinajstić information content (AvgIpc) is 2.85. The molecule has 10 heteroatoms. The molecule has 35 heavy (non-hydrogen) atoms. The van der Waals surface area contributed by atoms with Gasteiger partial charge >= 0.3 is 5.97 Å². The van der Waals surface area contributed by atoms with E-state index in [-0.39, 0.29) is 41.6 Å². The highest BCUT2D eigenvalue weighted by Gasteiger charge is 2.47. The average molecular weight is 488 g/mol. The minimum Gasteiger partial charge on any atom is -0.507 e. The normalized spacial score (nSPS) is 23.9. The summed E-state index contributed by atoms with van der Waals surface area (Å²) in [6.45, 7) is 4.16. The molecule has 1 saturated heterocycles. The van der Waals surface area contributed by atoms with Crippen LogP contribution in [0.3, 0.4) is 0 Å². The quantitative estimate of drug-likeness (QED) is 0.165. The van der Waals surface area contributed by atoms with Crippen molar-refractivity contribution < 1.29 is 49.0 Å². The lowest BCUT2D eigenvalue weighted by atomic mass is 9.99. The number of phenols is 1. The van der Waals surface area contributed by atoms with E-state index in [0.717, 1.165) is 0 Å². The maximum absolute atomic E-state index is 12.5. The number of aliphatic hydroxyl groups is 3. The summed E-state index contributed by atoms with van der Waals surface area (Å²) >= 11 is 0. The van der Waals surface area contributed by atoms with Gasteiger partial charge in [0, 0.05) is 17.2 Å². The lowest BCUT2D eigenvalue weighted by Crippen LogP contribution is -2.60. The topological polar surface area (TPSA) is 152 Å². The van der Waals surface area contributed by atoms with E-state index in [1.54, 1.807) is 30.3 Å². The number of carbonyl (C=O) groups excluding carboxylic acids is 2. The number of esters is 1. The Bertz CT molecular complexity index is 1040. The highest BCUT2D eigenvalue weighted by Crippen LogP contribution is 2.27. The van der Waals surface area contributed by atoms with Crippen LogP contribution in [0.1, 0.15) is 22.8 Å². The maximum Gasteiger partial charge on any atom is 0.333 e. The van der Waals surface area contributed by atoms with Crippen molar-refractivity contribution >= 4 is 11.8 Å². The molecule has 1 aliphatic rings. The van der Waals surface area contributed by atoms with Crippen LogP contribution in [0.15, 0.2) is 60.7 Å². The molecule has 0 saturated carbocycles. The molecule has 1 fully saturated rings. The van der Waals surface area contributed by atoms with Crippen molar-refractivity contribution in [2.45, 2.75) is 37.6 Å². The third kappa shape index (κ3) is 6.44. The minimum atomic E-state index is -1.57. The summed E-state index contributed by atoms with van der Waals surface area (Å²) < 4.78 is 21.7. The number of benzene rings is 2. The Kier molecular flexibility index (Phi) is 8.96. The van der Waals surface area contributed by atoms with Crippen molar-refractivity contribution in [3.63, 3.8) is 0 Å². The fourth-order valence-corrected chi connectivity index (χ4v) is 3.40. The summed E-state index contributed by atoms with van der Waals surface area (Å²) in [6, 6.07) is 12.8. The number of aromatic hydroxyl groups is 1. The molecule has 0 aromatic heterocycles. The molecule has 0 bridgehead atoms. The zero-order chi connectivity index (χ0) is 25.5. The van der Waals surface area contributed by atoms with Gasteiger partial charge < -0.3 is 39.4 Å². The molecule has 1 aliphatic heterocycles. The van der Waals surface area contributed by atoms with E-state index in [4.69, 9.17) is 18.9 Å². The lowest BCUT2D eigenvalue weighted by molar-refractivity contribution is -0.304. The third-order valence-corrected chi connectivity index (χ3v) is 5.30. The van der Waals surface area contributed by atoms with E-state index >= 15 is 0 Å². The number of rotatable bonds is 10. The second-order valence-electron chi connectivity index (χ2n) is 7.95. The summed E-state index contributed by atoms with van der Waals surface area (Å²) in [5.74, 6) is -1.11.